The lowest BCUT2D eigenvalue weighted by atomic mass is 10.3. The summed E-state index contributed by atoms with van der Waals surface area (Å²) in [5.74, 6) is -0.395. The van der Waals surface area contributed by atoms with Crippen molar-refractivity contribution >= 4 is 11.8 Å². The molecule has 2 aromatic rings. The average Bonchev–Trinajstić information content (AvgIpc) is 3.12. The molecule has 0 spiro atoms. The summed E-state index contributed by atoms with van der Waals surface area (Å²) in [6.07, 6.45) is 0. The molecule has 0 atom stereocenters. The van der Waals surface area contributed by atoms with Crippen LogP contribution in [0.2, 0.25) is 0 Å². The van der Waals surface area contributed by atoms with Gasteiger partial charge in [-0.25, -0.2) is 4.39 Å². The molecule has 2 amide bonds. The van der Waals surface area contributed by atoms with Crippen LogP contribution in [0.4, 0.5) is 4.39 Å². The van der Waals surface area contributed by atoms with Crippen LogP contribution >= 0.6 is 0 Å². The fourth-order valence-corrected chi connectivity index (χ4v) is 2.16. The third-order valence-electron chi connectivity index (χ3n) is 3.66. The Hall–Kier alpha value is -2.87. The number of carbonyl (C=O) groups is 2. The van der Waals surface area contributed by atoms with Crippen LogP contribution in [0.3, 0.4) is 0 Å². The highest BCUT2D eigenvalue weighted by Crippen LogP contribution is 2.11. The molecule has 0 bridgehead atoms. The standard InChI is InChI=1S/C18H22FN3O4/c1-3-22(4-2)11-15-9-10-16(26-15)18(24)21-20-17(23)12-25-14-7-5-13(19)6-8-14/h5-10H,3-4,11-12H2,1-2H3,(H,20,23)(H,21,24). The fourth-order valence-electron chi connectivity index (χ4n) is 2.16. The largest absolute Gasteiger partial charge is 0.484 e. The Morgan fingerprint density at radius 2 is 1.77 bits per heavy atom. The second-order valence-electron chi connectivity index (χ2n) is 5.47. The third-order valence-corrected chi connectivity index (χ3v) is 3.66. The molecule has 2 rings (SSSR count). The van der Waals surface area contributed by atoms with E-state index in [0.29, 0.717) is 18.1 Å². The summed E-state index contributed by atoms with van der Waals surface area (Å²) in [6.45, 7) is 6.13. The van der Waals surface area contributed by atoms with Crippen molar-refractivity contribution in [3.63, 3.8) is 0 Å². The molecule has 0 aliphatic heterocycles. The lowest BCUT2D eigenvalue weighted by Crippen LogP contribution is -2.43. The molecule has 0 unspecified atom stereocenters. The molecule has 140 valence electrons. The first-order valence-electron chi connectivity index (χ1n) is 8.30. The second kappa shape index (κ2) is 9.57. The van der Waals surface area contributed by atoms with Gasteiger partial charge in [0.05, 0.1) is 6.54 Å². The van der Waals surface area contributed by atoms with Gasteiger partial charge in [-0.05, 0) is 49.5 Å². The number of nitrogens with one attached hydrogen (secondary N) is 2. The lowest BCUT2D eigenvalue weighted by molar-refractivity contribution is -0.123. The van der Waals surface area contributed by atoms with Gasteiger partial charge in [0.1, 0.15) is 17.3 Å². The van der Waals surface area contributed by atoms with Gasteiger partial charge in [0.25, 0.3) is 5.91 Å². The highest BCUT2D eigenvalue weighted by Gasteiger charge is 2.13. The molecular formula is C18H22FN3O4. The van der Waals surface area contributed by atoms with E-state index >= 15 is 0 Å². The van der Waals surface area contributed by atoms with E-state index in [9.17, 15) is 14.0 Å². The van der Waals surface area contributed by atoms with E-state index in [0.717, 1.165) is 13.1 Å². The summed E-state index contributed by atoms with van der Waals surface area (Å²) in [7, 11) is 0. The van der Waals surface area contributed by atoms with Crippen LogP contribution in [0.25, 0.3) is 0 Å². The number of hydrazine groups is 1. The fraction of sp³-hybridized carbons (Fsp3) is 0.333. The minimum Gasteiger partial charge on any atom is -0.484 e. The van der Waals surface area contributed by atoms with E-state index in [1.807, 2.05) is 13.8 Å². The number of carbonyl (C=O) groups excluding carboxylic acids is 2. The number of amides is 2. The number of hydrogen-bond acceptors (Lipinski definition) is 5. The van der Waals surface area contributed by atoms with Gasteiger partial charge in [-0.2, -0.15) is 0 Å². The maximum absolute atomic E-state index is 12.8. The first-order valence-corrected chi connectivity index (χ1v) is 8.30. The molecule has 0 saturated carbocycles. The van der Waals surface area contributed by atoms with Crippen LogP contribution in [-0.4, -0.2) is 36.4 Å². The predicted molar refractivity (Wildman–Crippen MR) is 92.8 cm³/mol. The third kappa shape index (κ3) is 5.89. The lowest BCUT2D eigenvalue weighted by Gasteiger charge is -2.15. The van der Waals surface area contributed by atoms with Crippen molar-refractivity contribution in [2.24, 2.45) is 0 Å². The number of furan rings is 1. The first-order chi connectivity index (χ1) is 12.5. The summed E-state index contributed by atoms with van der Waals surface area (Å²) in [4.78, 5) is 25.8. The van der Waals surface area contributed by atoms with E-state index in [-0.39, 0.29) is 12.4 Å². The molecular weight excluding hydrogens is 341 g/mol. The monoisotopic (exact) mass is 363 g/mol. The normalized spacial score (nSPS) is 10.6. The molecule has 2 N–H and O–H groups in total. The zero-order valence-corrected chi connectivity index (χ0v) is 14.8. The van der Waals surface area contributed by atoms with E-state index in [2.05, 4.69) is 15.8 Å². The molecule has 0 aliphatic carbocycles. The van der Waals surface area contributed by atoms with Crippen LogP contribution in [0, 0.1) is 5.82 Å². The highest BCUT2D eigenvalue weighted by molar-refractivity contribution is 5.93. The Morgan fingerprint density at radius 1 is 1.08 bits per heavy atom. The van der Waals surface area contributed by atoms with Crippen molar-refractivity contribution in [3.05, 3.63) is 53.7 Å². The molecule has 0 radical (unpaired) electrons. The average molecular weight is 363 g/mol. The van der Waals surface area contributed by atoms with Gasteiger partial charge in [0, 0.05) is 0 Å². The molecule has 1 heterocycles. The number of hydrogen-bond donors (Lipinski definition) is 2. The van der Waals surface area contributed by atoms with Gasteiger partial charge in [-0.15, -0.1) is 0 Å². The minimum atomic E-state index is -0.564. The smallest absolute Gasteiger partial charge is 0.305 e. The summed E-state index contributed by atoms with van der Waals surface area (Å²) < 4.78 is 23.4. The highest BCUT2D eigenvalue weighted by atomic mass is 19.1. The number of nitrogens with zero attached hydrogens (tertiary/aromatic N) is 1. The van der Waals surface area contributed by atoms with Crippen LogP contribution in [0.1, 0.15) is 30.2 Å². The molecule has 0 fully saturated rings. The molecule has 7 nitrogen and oxygen atoms in total. The SMILES string of the molecule is CCN(CC)Cc1ccc(C(=O)NNC(=O)COc2ccc(F)cc2)o1. The van der Waals surface area contributed by atoms with Gasteiger partial charge < -0.3 is 9.15 Å². The van der Waals surface area contributed by atoms with Crippen molar-refractivity contribution in [1.82, 2.24) is 15.8 Å². The predicted octanol–water partition coefficient (Wildman–Crippen LogP) is 2.10. The summed E-state index contributed by atoms with van der Waals surface area (Å²) >= 11 is 0. The molecule has 0 saturated heterocycles. The summed E-state index contributed by atoms with van der Waals surface area (Å²) in [6, 6.07) is 8.54. The van der Waals surface area contributed by atoms with Gasteiger partial charge in [0.2, 0.25) is 0 Å². The Kier molecular flexibility index (Phi) is 7.16. The summed E-state index contributed by atoms with van der Waals surface area (Å²) in [5, 5.41) is 0. The van der Waals surface area contributed by atoms with Crippen molar-refractivity contribution in [3.8, 4) is 5.75 Å². The van der Waals surface area contributed by atoms with Crippen molar-refractivity contribution in [2.75, 3.05) is 19.7 Å². The van der Waals surface area contributed by atoms with Crippen LogP contribution in [0.15, 0.2) is 40.8 Å². The molecule has 0 aliphatic rings. The van der Waals surface area contributed by atoms with Crippen LogP contribution in [0.5, 0.6) is 5.75 Å². The quantitative estimate of drug-likeness (QED) is 0.702. The minimum absolute atomic E-state index is 0.104. The molecule has 1 aromatic heterocycles. The van der Waals surface area contributed by atoms with E-state index < -0.39 is 17.6 Å². The maximum atomic E-state index is 12.8. The van der Waals surface area contributed by atoms with E-state index in [1.54, 1.807) is 12.1 Å². The zero-order valence-electron chi connectivity index (χ0n) is 14.8. The molecule has 1 aromatic carbocycles. The number of ether oxygens (including phenoxy) is 1. The zero-order chi connectivity index (χ0) is 18.9. The van der Waals surface area contributed by atoms with Crippen molar-refractivity contribution < 1.29 is 23.1 Å². The van der Waals surface area contributed by atoms with Gasteiger partial charge in [-0.3, -0.25) is 25.3 Å². The van der Waals surface area contributed by atoms with Crippen molar-refractivity contribution in [1.29, 1.82) is 0 Å². The molecule has 8 heteroatoms. The Balaban J connectivity index is 1.76. The number of halogens is 1. The molecule has 26 heavy (non-hydrogen) atoms. The van der Waals surface area contributed by atoms with Crippen LogP contribution < -0.4 is 15.6 Å². The Bertz CT molecular complexity index is 726. The maximum Gasteiger partial charge on any atom is 0.305 e. The van der Waals surface area contributed by atoms with Gasteiger partial charge in [-0.1, -0.05) is 13.8 Å². The summed E-state index contributed by atoms with van der Waals surface area (Å²) in [5.41, 5.74) is 4.48. The van der Waals surface area contributed by atoms with Gasteiger partial charge in [0.15, 0.2) is 12.4 Å². The second-order valence-corrected chi connectivity index (χ2v) is 5.47. The van der Waals surface area contributed by atoms with Crippen LogP contribution in [-0.2, 0) is 11.3 Å². The number of rotatable bonds is 8. The van der Waals surface area contributed by atoms with Gasteiger partial charge >= 0.3 is 5.91 Å². The topological polar surface area (TPSA) is 83.8 Å². The first kappa shape index (κ1) is 19.5. The van der Waals surface area contributed by atoms with Crippen molar-refractivity contribution in [2.45, 2.75) is 20.4 Å². The Morgan fingerprint density at radius 3 is 2.42 bits per heavy atom. The Labute approximate surface area is 151 Å². The van der Waals surface area contributed by atoms with E-state index in [1.165, 1.54) is 24.3 Å². The van der Waals surface area contributed by atoms with E-state index in [4.69, 9.17) is 9.15 Å². The number of benzene rings is 1.